The van der Waals surface area contributed by atoms with Crippen LogP contribution in [0.3, 0.4) is 0 Å². The average molecular weight is 291 g/mol. The molecule has 0 unspecified atom stereocenters. The summed E-state index contributed by atoms with van der Waals surface area (Å²) in [4.78, 5) is 16.4. The van der Waals surface area contributed by atoms with E-state index in [9.17, 15) is 4.79 Å². The van der Waals surface area contributed by atoms with Crippen LogP contribution in [0.4, 0.5) is 0 Å². The van der Waals surface area contributed by atoms with Crippen LogP contribution in [-0.4, -0.2) is 33.6 Å². The van der Waals surface area contributed by atoms with Crippen molar-refractivity contribution in [3.05, 3.63) is 40.7 Å². The topological polar surface area (TPSA) is 79.8 Å². The predicted octanol–water partition coefficient (Wildman–Crippen LogP) is 1.15. The Balaban J connectivity index is 1.58. The van der Waals surface area contributed by atoms with Crippen molar-refractivity contribution in [2.24, 2.45) is 0 Å². The lowest BCUT2D eigenvalue weighted by Gasteiger charge is -2.05. The summed E-state index contributed by atoms with van der Waals surface area (Å²) in [6, 6.07) is 3.95. The number of carbonyl (C=O) groups is 1. The number of hydrogen-bond acceptors (Lipinski definition) is 6. The van der Waals surface area contributed by atoms with Gasteiger partial charge in [-0.25, -0.2) is 0 Å². The first-order valence-electron chi connectivity index (χ1n) is 6.44. The third kappa shape index (κ3) is 4.36. The SMILES string of the molecule is Cc1nnsc1C(=O)NCCCNCc1cccnc1. The van der Waals surface area contributed by atoms with Crippen LogP contribution >= 0.6 is 11.5 Å². The summed E-state index contributed by atoms with van der Waals surface area (Å²) in [5.74, 6) is -0.0928. The zero-order valence-corrected chi connectivity index (χ0v) is 12.1. The lowest BCUT2D eigenvalue weighted by atomic mass is 10.3. The molecule has 20 heavy (non-hydrogen) atoms. The molecule has 2 aromatic heterocycles. The Labute approximate surface area is 121 Å². The minimum Gasteiger partial charge on any atom is -0.351 e. The maximum Gasteiger partial charge on any atom is 0.264 e. The van der Waals surface area contributed by atoms with Gasteiger partial charge in [0.05, 0.1) is 5.69 Å². The molecule has 7 heteroatoms. The molecule has 2 heterocycles. The van der Waals surface area contributed by atoms with Crippen molar-refractivity contribution in [2.45, 2.75) is 19.9 Å². The van der Waals surface area contributed by atoms with Crippen molar-refractivity contribution < 1.29 is 4.79 Å². The fourth-order valence-electron chi connectivity index (χ4n) is 1.67. The first-order chi connectivity index (χ1) is 9.77. The van der Waals surface area contributed by atoms with Crippen LogP contribution in [0.5, 0.6) is 0 Å². The van der Waals surface area contributed by atoms with Gasteiger partial charge in [-0.2, -0.15) is 0 Å². The number of carbonyl (C=O) groups excluding carboxylic acids is 1. The quantitative estimate of drug-likeness (QED) is 0.748. The summed E-state index contributed by atoms with van der Waals surface area (Å²) in [6.07, 6.45) is 4.47. The Morgan fingerprint density at radius 2 is 2.30 bits per heavy atom. The van der Waals surface area contributed by atoms with Crippen LogP contribution in [0.2, 0.25) is 0 Å². The highest BCUT2D eigenvalue weighted by molar-refractivity contribution is 7.07. The van der Waals surface area contributed by atoms with Crippen molar-refractivity contribution in [1.29, 1.82) is 0 Å². The number of nitrogens with one attached hydrogen (secondary N) is 2. The Morgan fingerprint density at radius 1 is 1.40 bits per heavy atom. The first-order valence-corrected chi connectivity index (χ1v) is 7.21. The molecule has 0 saturated carbocycles. The second-order valence-corrected chi connectivity index (χ2v) is 5.09. The summed E-state index contributed by atoms with van der Waals surface area (Å²) < 4.78 is 3.75. The predicted molar refractivity (Wildman–Crippen MR) is 77.5 cm³/mol. The van der Waals surface area contributed by atoms with Gasteiger partial charge < -0.3 is 10.6 Å². The van der Waals surface area contributed by atoms with Crippen molar-refractivity contribution >= 4 is 17.4 Å². The molecule has 0 aromatic carbocycles. The van der Waals surface area contributed by atoms with Gasteiger partial charge in [-0.05, 0) is 43.1 Å². The Bertz CT molecular complexity index is 543. The van der Waals surface area contributed by atoms with Gasteiger partial charge in [0.2, 0.25) is 0 Å². The molecule has 2 N–H and O–H groups in total. The van der Waals surface area contributed by atoms with Crippen molar-refractivity contribution in [3.63, 3.8) is 0 Å². The molecule has 6 nitrogen and oxygen atoms in total. The summed E-state index contributed by atoms with van der Waals surface area (Å²) in [6.45, 7) is 4.05. The molecule has 0 saturated heterocycles. The molecule has 0 aliphatic carbocycles. The molecule has 0 aliphatic heterocycles. The van der Waals surface area contributed by atoms with E-state index < -0.39 is 0 Å². The second-order valence-electron chi connectivity index (χ2n) is 4.33. The molecular formula is C13H17N5OS. The van der Waals surface area contributed by atoms with Gasteiger partial charge in [0.25, 0.3) is 5.91 Å². The van der Waals surface area contributed by atoms with E-state index in [1.165, 1.54) is 0 Å². The molecule has 106 valence electrons. The van der Waals surface area contributed by atoms with Crippen LogP contribution in [0.15, 0.2) is 24.5 Å². The first kappa shape index (κ1) is 14.5. The van der Waals surface area contributed by atoms with Crippen LogP contribution in [-0.2, 0) is 6.54 Å². The molecule has 0 spiro atoms. The van der Waals surface area contributed by atoms with Gasteiger partial charge >= 0.3 is 0 Å². The number of amides is 1. The maximum absolute atomic E-state index is 11.8. The fourth-order valence-corrected chi connectivity index (χ4v) is 2.24. The largest absolute Gasteiger partial charge is 0.351 e. The van der Waals surface area contributed by atoms with Gasteiger partial charge in [-0.3, -0.25) is 9.78 Å². The summed E-state index contributed by atoms with van der Waals surface area (Å²) in [5.41, 5.74) is 1.84. The highest BCUT2D eigenvalue weighted by atomic mass is 32.1. The number of rotatable bonds is 7. The normalized spacial score (nSPS) is 10.4. The minimum absolute atomic E-state index is 0.0928. The highest BCUT2D eigenvalue weighted by Crippen LogP contribution is 2.08. The maximum atomic E-state index is 11.8. The monoisotopic (exact) mass is 291 g/mol. The van der Waals surface area contributed by atoms with E-state index in [1.54, 1.807) is 13.1 Å². The van der Waals surface area contributed by atoms with Crippen LogP contribution in [0, 0.1) is 6.92 Å². The van der Waals surface area contributed by atoms with E-state index in [4.69, 9.17) is 0 Å². The summed E-state index contributed by atoms with van der Waals surface area (Å²) in [5, 5.41) is 9.99. The van der Waals surface area contributed by atoms with E-state index in [0.29, 0.717) is 17.1 Å². The summed E-state index contributed by atoms with van der Waals surface area (Å²) in [7, 11) is 0. The average Bonchev–Trinajstić information content (AvgIpc) is 2.90. The molecule has 0 atom stereocenters. The van der Waals surface area contributed by atoms with Crippen LogP contribution in [0.25, 0.3) is 0 Å². The van der Waals surface area contributed by atoms with Crippen LogP contribution in [0.1, 0.15) is 27.3 Å². The molecule has 2 rings (SSSR count). The van der Waals surface area contributed by atoms with Gasteiger partial charge in [-0.15, -0.1) is 5.10 Å². The smallest absolute Gasteiger partial charge is 0.264 e. The summed E-state index contributed by atoms with van der Waals surface area (Å²) >= 11 is 1.13. The standard InChI is InChI=1S/C13H17N5OS/c1-10-12(20-18-17-10)13(19)16-7-3-6-15-9-11-4-2-5-14-8-11/h2,4-5,8,15H,3,6-7,9H2,1H3,(H,16,19). The molecule has 2 aromatic rings. The van der Waals surface area contributed by atoms with Crippen molar-refractivity contribution in [3.8, 4) is 0 Å². The minimum atomic E-state index is -0.0928. The zero-order valence-electron chi connectivity index (χ0n) is 11.3. The Kier molecular flexibility index (Phi) is 5.57. The van der Waals surface area contributed by atoms with Crippen molar-refractivity contribution in [2.75, 3.05) is 13.1 Å². The Hall–Kier alpha value is -1.86. The van der Waals surface area contributed by atoms with Gasteiger partial charge in [-0.1, -0.05) is 10.6 Å². The number of pyridine rings is 1. The number of aryl methyl sites for hydroxylation is 1. The van der Waals surface area contributed by atoms with E-state index >= 15 is 0 Å². The van der Waals surface area contributed by atoms with E-state index in [0.717, 1.165) is 36.6 Å². The lowest BCUT2D eigenvalue weighted by molar-refractivity contribution is 0.0956. The van der Waals surface area contributed by atoms with Gasteiger partial charge in [0.15, 0.2) is 0 Å². The molecule has 0 fully saturated rings. The number of hydrogen-bond donors (Lipinski definition) is 2. The highest BCUT2D eigenvalue weighted by Gasteiger charge is 2.11. The van der Waals surface area contributed by atoms with E-state index in [2.05, 4.69) is 25.2 Å². The van der Waals surface area contributed by atoms with Gasteiger partial charge in [0, 0.05) is 25.5 Å². The van der Waals surface area contributed by atoms with Gasteiger partial charge in [0.1, 0.15) is 4.88 Å². The molecule has 0 radical (unpaired) electrons. The number of aromatic nitrogens is 3. The number of nitrogens with zero attached hydrogens (tertiary/aromatic N) is 3. The van der Waals surface area contributed by atoms with Crippen molar-refractivity contribution in [1.82, 2.24) is 25.2 Å². The third-order valence-corrected chi connectivity index (χ3v) is 3.55. The fraction of sp³-hybridized carbons (Fsp3) is 0.385. The molecule has 0 bridgehead atoms. The third-order valence-electron chi connectivity index (χ3n) is 2.73. The van der Waals surface area contributed by atoms with E-state index in [-0.39, 0.29) is 5.91 Å². The zero-order chi connectivity index (χ0) is 14.2. The second kappa shape index (κ2) is 7.66. The molecule has 1 amide bonds. The lowest BCUT2D eigenvalue weighted by Crippen LogP contribution is -2.27. The molecule has 0 aliphatic rings. The Morgan fingerprint density at radius 3 is 3.00 bits per heavy atom. The van der Waals surface area contributed by atoms with Crippen LogP contribution < -0.4 is 10.6 Å². The molecular weight excluding hydrogens is 274 g/mol. The van der Waals surface area contributed by atoms with E-state index in [1.807, 2.05) is 18.3 Å².